The summed E-state index contributed by atoms with van der Waals surface area (Å²) in [5, 5.41) is 0. The molecule has 0 radical (unpaired) electrons. The van der Waals surface area contributed by atoms with Crippen LogP contribution in [0.4, 0.5) is 0 Å². The van der Waals surface area contributed by atoms with E-state index in [1.165, 1.54) is 0 Å². The molecule has 0 spiro atoms. The highest BCUT2D eigenvalue weighted by atomic mass is 16.2. The van der Waals surface area contributed by atoms with Crippen LogP contribution in [0.25, 0.3) is 0 Å². The Hall–Kier alpha value is -0.860. The van der Waals surface area contributed by atoms with E-state index in [4.69, 9.17) is 0 Å². The van der Waals surface area contributed by atoms with Gasteiger partial charge in [-0.2, -0.15) is 0 Å². The van der Waals surface area contributed by atoms with E-state index >= 15 is 0 Å². The maximum absolute atomic E-state index is 11.8. The monoisotopic (exact) mass is 225 g/mol. The number of rotatable bonds is 4. The van der Waals surface area contributed by atoms with Crippen LogP contribution in [0.15, 0.2) is 0 Å². The third kappa shape index (κ3) is 3.62. The van der Waals surface area contributed by atoms with Crippen molar-refractivity contribution in [2.45, 2.75) is 46.5 Å². The van der Waals surface area contributed by atoms with Crippen LogP contribution >= 0.6 is 0 Å². The SMILES string of the molecule is CCC1CCC(=O)N(CC(=O)C(C)C)CC1. The van der Waals surface area contributed by atoms with Gasteiger partial charge in [-0.15, -0.1) is 0 Å². The van der Waals surface area contributed by atoms with Crippen molar-refractivity contribution in [1.29, 1.82) is 0 Å². The van der Waals surface area contributed by atoms with E-state index < -0.39 is 0 Å². The maximum Gasteiger partial charge on any atom is 0.222 e. The van der Waals surface area contributed by atoms with Crippen LogP contribution in [0.1, 0.15) is 46.5 Å². The lowest BCUT2D eigenvalue weighted by Gasteiger charge is -2.20. The molecule has 1 fully saturated rings. The van der Waals surface area contributed by atoms with Crippen molar-refractivity contribution in [1.82, 2.24) is 4.90 Å². The topological polar surface area (TPSA) is 37.4 Å². The highest BCUT2D eigenvalue weighted by molar-refractivity contribution is 5.87. The van der Waals surface area contributed by atoms with Crippen LogP contribution in [-0.2, 0) is 9.59 Å². The third-order valence-corrected chi connectivity index (χ3v) is 3.49. The van der Waals surface area contributed by atoms with Gasteiger partial charge in [0, 0.05) is 18.9 Å². The van der Waals surface area contributed by atoms with E-state index in [-0.39, 0.29) is 17.6 Å². The summed E-state index contributed by atoms with van der Waals surface area (Å²) < 4.78 is 0. The summed E-state index contributed by atoms with van der Waals surface area (Å²) >= 11 is 0. The standard InChI is InChI=1S/C13H23NO2/c1-4-11-5-6-13(16)14(8-7-11)9-12(15)10(2)3/h10-11H,4-9H2,1-3H3. The van der Waals surface area contributed by atoms with Gasteiger partial charge in [0.25, 0.3) is 0 Å². The minimum atomic E-state index is 0.0259. The van der Waals surface area contributed by atoms with Crippen LogP contribution in [0.2, 0.25) is 0 Å². The molecular formula is C13H23NO2. The molecule has 3 nitrogen and oxygen atoms in total. The molecular weight excluding hydrogens is 202 g/mol. The van der Waals surface area contributed by atoms with Crippen molar-refractivity contribution in [3.05, 3.63) is 0 Å². The number of likely N-dealkylation sites (tertiary alicyclic amines) is 1. The summed E-state index contributed by atoms with van der Waals surface area (Å²) in [6, 6.07) is 0. The Kier molecular flexibility index (Phi) is 4.97. The Morgan fingerprint density at radius 3 is 2.69 bits per heavy atom. The molecule has 1 aliphatic heterocycles. The molecule has 1 rings (SSSR count). The molecule has 0 aliphatic carbocycles. The van der Waals surface area contributed by atoms with Gasteiger partial charge in [-0.05, 0) is 18.8 Å². The van der Waals surface area contributed by atoms with Gasteiger partial charge in [0.1, 0.15) is 0 Å². The van der Waals surface area contributed by atoms with Crippen molar-refractivity contribution >= 4 is 11.7 Å². The first-order valence-corrected chi connectivity index (χ1v) is 6.35. The fourth-order valence-corrected chi connectivity index (χ4v) is 2.04. The Balaban J connectivity index is 2.52. The molecule has 1 saturated heterocycles. The summed E-state index contributed by atoms with van der Waals surface area (Å²) in [6.45, 7) is 7.02. The fourth-order valence-electron chi connectivity index (χ4n) is 2.04. The quantitative estimate of drug-likeness (QED) is 0.736. The molecule has 0 aromatic heterocycles. The second-order valence-corrected chi connectivity index (χ2v) is 5.04. The van der Waals surface area contributed by atoms with Gasteiger partial charge in [0.2, 0.25) is 5.91 Å². The lowest BCUT2D eigenvalue weighted by atomic mass is 9.98. The number of Topliss-reactive ketones (excluding diaryl/α,β-unsaturated/α-hetero) is 1. The van der Waals surface area contributed by atoms with Crippen LogP contribution in [0.5, 0.6) is 0 Å². The number of carbonyl (C=O) groups excluding carboxylic acids is 2. The summed E-state index contributed by atoms with van der Waals surface area (Å²) in [7, 11) is 0. The molecule has 1 amide bonds. The Labute approximate surface area is 98.2 Å². The maximum atomic E-state index is 11.8. The largest absolute Gasteiger partial charge is 0.335 e. The van der Waals surface area contributed by atoms with Gasteiger partial charge in [0.05, 0.1) is 6.54 Å². The van der Waals surface area contributed by atoms with E-state index in [2.05, 4.69) is 6.92 Å². The van der Waals surface area contributed by atoms with Crippen molar-refractivity contribution in [3.8, 4) is 0 Å². The molecule has 0 aromatic carbocycles. The normalized spacial score (nSPS) is 22.4. The fraction of sp³-hybridized carbons (Fsp3) is 0.846. The average molecular weight is 225 g/mol. The lowest BCUT2D eigenvalue weighted by Crippen LogP contribution is -2.36. The number of carbonyl (C=O) groups is 2. The summed E-state index contributed by atoms with van der Waals surface area (Å²) in [5.74, 6) is 1.01. The first kappa shape index (κ1) is 13.2. The van der Waals surface area contributed by atoms with Crippen LogP contribution in [0, 0.1) is 11.8 Å². The van der Waals surface area contributed by atoms with Crippen molar-refractivity contribution in [3.63, 3.8) is 0 Å². The molecule has 92 valence electrons. The Bertz CT molecular complexity index is 261. The van der Waals surface area contributed by atoms with Gasteiger partial charge in [-0.1, -0.05) is 27.2 Å². The highest BCUT2D eigenvalue weighted by Crippen LogP contribution is 2.21. The number of amides is 1. The van der Waals surface area contributed by atoms with Crippen molar-refractivity contribution in [2.24, 2.45) is 11.8 Å². The second-order valence-electron chi connectivity index (χ2n) is 5.04. The number of hydrogen-bond acceptors (Lipinski definition) is 2. The molecule has 3 heteroatoms. The molecule has 1 atom stereocenters. The summed E-state index contributed by atoms with van der Waals surface area (Å²) in [5.41, 5.74) is 0. The number of hydrogen-bond donors (Lipinski definition) is 0. The molecule has 1 aliphatic rings. The average Bonchev–Trinajstić information content (AvgIpc) is 2.42. The van der Waals surface area contributed by atoms with E-state index in [0.29, 0.717) is 18.9 Å². The van der Waals surface area contributed by atoms with Crippen molar-refractivity contribution in [2.75, 3.05) is 13.1 Å². The van der Waals surface area contributed by atoms with Gasteiger partial charge in [0.15, 0.2) is 5.78 Å². The van der Waals surface area contributed by atoms with Crippen LogP contribution in [0.3, 0.4) is 0 Å². The second kappa shape index (κ2) is 6.02. The molecule has 16 heavy (non-hydrogen) atoms. The van der Waals surface area contributed by atoms with E-state index in [1.807, 2.05) is 13.8 Å². The zero-order valence-corrected chi connectivity index (χ0v) is 10.7. The first-order chi connectivity index (χ1) is 7.54. The summed E-state index contributed by atoms with van der Waals surface area (Å²) in [4.78, 5) is 25.2. The van der Waals surface area contributed by atoms with E-state index in [9.17, 15) is 9.59 Å². The predicted molar refractivity (Wildman–Crippen MR) is 64.1 cm³/mol. The Morgan fingerprint density at radius 1 is 1.44 bits per heavy atom. The molecule has 1 heterocycles. The Morgan fingerprint density at radius 2 is 2.12 bits per heavy atom. The minimum absolute atomic E-state index is 0.0259. The molecule has 0 aromatic rings. The van der Waals surface area contributed by atoms with E-state index in [1.54, 1.807) is 4.90 Å². The third-order valence-electron chi connectivity index (χ3n) is 3.49. The summed E-state index contributed by atoms with van der Waals surface area (Å²) in [6.07, 6.45) is 3.79. The zero-order chi connectivity index (χ0) is 12.1. The van der Waals surface area contributed by atoms with Crippen LogP contribution < -0.4 is 0 Å². The lowest BCUT2D eigenvalue weighted by molar-refractivity contribution is -0.135. The number of nitrogens with zero attached hydrogens (tertiary/aromatic N) is 1. The van der Waals surface area contributed by atoms with Gasteiger partial charge < -0.3 is 4.90 Å². The smallest absolute Gasteiger partial charge is 0.222 e. The molecule has 0 bridgehead atoms. The predicted octanol–water partition coefficient (Wildman–Crippen LogP) is 2.25. The molecule has 0 N–H and O–H groups in total. The minimum Gasteiger partial charge on any atom is -0.335 e. The van der Waals surface area contributed by atoms with Gasteiger partial charge >= 0.3 is 0 Å². The molecule has 1 unspecified atom stereocenters. The van der Waals surface area contributed by atoms with Crippen molar-refractivity contribution < 1.29 is 9.59 Å². The first-order valence-electron chi connectivity index (χ1n) is 6.35. The zero-order valence-electron chi connectivity index (χ0n) is 10.7. The van der Waals surface area contributed by atoms with Gasteiger partial charge in [-0.3, -0.25) is 9.59 Å². The van der Waals surface area contributed by atoms with Gasteiger partial charge in [-0.25, -0.2) is 0 Å². The highest BCUT2D eigenvalue weighted by Gasteiger charge is 2.23. The number of ketones is 1. The van der Waals surface area contributed by atoms with E-state index in [0.717, 1.165) is 25.8 Å². The van der Waals surface area contributed by atoms with Crippen LogP contribution in [-0.4, -0.2) is 29.7 Å². The molecule has 0 saturated carbocycles.